The lowest BCUT2D eigenvalue weighted by atomic mass is 10.6. The first-order valence-corrected chi connectivity index (χ1v) is 2.01. The molecule has 0 unspecified atom stereocenters. The van der Waals surface area contributed by atoms with Crippen molar-refractivity contribution in [2.75, 3.05) is 0 Å². The lowest BCUT2D eigenvalue weighted by Crippen LogP contribution is -1.38. The summed E-state index contributed by atoms with van der Waals surface area (Å²) in [4.78, 5) is 0. The van der Waals surface area contributed by atoms with Crippen molar-refractivity contribution < 1.29 is 0 Å². The highest BCUT2D eigenvalue weighted by Gasteiger charge is 1.49. The van der Waals surface area contributed by atoms with Crippen LogP contribution in [0.15, 0.2) is 0 Å². The summed E-state index contributed by atoms with van der Waals surface area (Å²) >= 11 is 0. The van der Waals surface area contributed by atoms with Gasteiger partial charge in [-0.3, -0.25) is 0 Å². The topological polar surface area (TPSA) is 47.6 Å². The van der Waals surface area contributed by atoms with Gasteiger partial charge in [0.15, 0.2) is 0 Å². The number of hydrogen-bond acceptors (Lipinski definition) is 2. The Bertz CT molecular complexity index is 83.2. The van der Waals surface area contributed by atoms with E-state index in [2.05, 4.69) is 0 Å². The molecule has 0 saturated carbocycles. The Kier molecular flexibility index (Phi) is 26.9. The summed E-state index contributed by atoms with van der Waals surface area (Å²) in [6.07, 6.45) is 0.625. The molecule has 0 saturated heterocycles. The monoisotopic (exact) mass is 96.1 g/mol. The molecule has 2 heteroatoms. The third-order valence-corrected chi connectivity index (χ3v) is 0.158. The Morgan fingerprint density at radius 2 is 1.57 bits per heavy atom. The number of nitriles is 2. The maximum atomic E-state index is 7.62. The summed E-state index contributed by atoms with van der Waals surface area (Å²) in [5.74, 6) is 0. The zero-order valence-corrected chi connectivity index (χ0v) is 4.60. The van der Waals surface area contributed by atoms with Gasteiger partial charge in [-0.05, 0) is 0 Å². The van der Waals surface area contributed by atoms with Crippen molar-refractivity contribution in [3.05, 3.63) is 0 Å². The second-order valence-corrected chi connectivity index (χ2v) is 0.735. The zero-order chi connectivity index (χ0) is 6.12. The maximum absolute atomic E-state index is 7.62. The first kappa shape index (κ1) is 9.36. The Hall–Kier alpha value is -1.02. The van der Waals surface area contributed by atoms with Gasteiger partial charge in [-0.15, -0.1) is 0 Å². The Morgan fingerprint density at radius 3 is 1.57 bits per heavy atom. The van der Waals surface area contributed by atoms with Crippen LogP contribution in [0.1, 0.15) is 20.3 Å². The van der Waals surface area contributed by atoms with E-state index in [-0.39, 0.29) is 0 Å². The van der Waals surface area contributed by atoms with Crippen molar-refractivity contribution in [1.82, 2.24) is 0 Å². The molecule has 0 aromatic rings. The third kappa shape index (κ3) is 111000. The van der Waals surface area contributed by atoms with Crippen LogP contribution in [0.3, 0.4) is 0 Å². The second-order valence-electron chi connectivity index (χ2n) is 0.735. The number of hydrogen-bond donors (Lipinski definition) is 0. The minimum Gasteiger partial charge on any atom is -0.199 e. The molecule has 2 nitrogen and oxygen atoms in total. The van der Waals surface area contributed by atoms with Crippen molar-refractivity contribution in [3.63, 3.8) is 0 Å². The molecule has 38 valence electrons. The molecule has 0 rings (SSSR count). The van der Waals surface area contributed by atoms with Crippen LogP contribution in [-0.2, 0) is 0 Å². The molecule has 0 aliphatic rings. The Labute approximate surface area is 44.0 Å². The summed E-state index contributed by atoms with van der Waals surface area (Å²) in [7, 11) is 0. The predicted molar refractivity (Wildman–Crippen MR) is 27.2 cm³/mol. The van der Waals surface area contributed by atoms with Crippen LogP contribution in [0, 0.1) is 22.7 Å². The lowest BCUT2D eigenvalue weighted by molar-refractivity contribution is 1.22. The largest absolute Gasteiger partial charge is 0.199 e. The minimum atomic E-state index is 0.625. The second kappa shape index (κ2) is 20.1. The molecule has 0 radical (unpaired) electrons. The van der Waals surface area contributed by atoms with Gasteiger partial charge in [-0.2, -0.15) is 10.5 Å². The van der Waals surface area contributed by atoms with E-state index in [0.29, 0.717) is 6.42 Å². The molecule has 0 aliphatic heterocycles. The van der Waals surface area contributed by atoms with Crippen molar-refractivity contribution >= 4 is 0 Å². The van der Waals surface area contributed by atoms with Crippen LogP contribution in [0.5, 0.6) is 0 Å². The molecule has 0 N–H and O–H groups in total. The van der Waals surface area contributed by atoms with Gasteiger partial charge in [0.05, 0.1) is 12.1 Å². The molecular formula is C5H8N2. The first-order chi connectivity index (χ1) is 3.33. The average molecular weight is 96.1 g/mol. The summed E-state index contributed by atoms with van der Waals surface area (Å²) in [6.45, 7) is 3.25. The number of nitrogens with zero attached hydrogens (tertiary/aromatic N) is 2. The van der Waals surface area contributed by atoms with E-state index in [9.17, 15) is 0 Å². The van der Waals surface area contributed by atoms with Gasteiger partial charge in [0.2, 0.25) is 0 Å². The average Bonchev–Trinajstić information content (AvgIpc) is 1.69. The van der Waals surface area contributed by atoms with Gasteiger partial charge in [-0.1, -0.05) is 6.92 Å². The highest BCUT2D eigenvalue weighted by Crippen LogP contribution is 1.58. The van der Waals surface area contributed by atoms with Crippen LogP contribution in [0.25, 0.3) is 0 Å². The predicted octanol–water partition coefficient (Wildman–Crippen LogP) is 1.45. The molecule has 0 aromatic carbocycles. The SMILES string of the molecule is CC#N.CCC#N. The number of rotatable bonds is 0. The zero-order valence-electron chi connectivity index (χ0n) is 4.60. The van der Waals surface area contributed by atoms with E-state index in [0.717, 1.165) is 0 Å². The summed E-state index contributed by atoms with van der Waals surface area (Å²) in [6, 6.07) is 3.68. The van der Waals surface area contributed by atoms with Gasteiger partial charge in [-0.25, -0.2) is 0 Å². The van der Waals surface area contributed by atoms with Gasteiger partial charge >= 0.3 is 0 Å². The molecular weight excluding hydrogens is 88.1 g/mol. The van der Waals surface area contributed by atoms with Crippen molar-refractivity contribution in [2.24, 2.45) is 0 Å². The van der Waals surface area contributed by atoms with Crippen molar-refractivity contribution in [2.45, 2.75) is 20.3 Å². The fraction of sp³-hybridized carbons (Fsp3) is 0.600. The van der Waals surface area contributed by atoms with Crippen LogP contribution in [0.2, 0.25) is 0 Å². The summed E-state index contributed by atoms with van der Waals surface area (Å²) in [5, 5.41) is 14.9. The lowest BCUT2D eigenvalue weighted by Gasteiger charge is -1.47. The van der Waals surface area contributed by atoms with Crippen LogP contribution < -0.4 is 0 Å². The van der Waals surface area contributed by atoms with E-state index < -0.39 is 0 Å². The quantitative estimate of drug-likeness (QED) is 0.458. The smallest absolute Gasteiger partial charge is 0.0618 e. The molecule has 0 atom stereocenters. The first-order valence-electron chi connectivity index (χ1n) is 2.01. The third-order valence-electron chi connectivity index (χ3n) is 0.158. The van der Waals surface area contributed by atoms with Gasteiger partial charge in [0.25, 0.3) is 0 Å². The molecule has 0 fully saturated rings. The molecule has 0 aliphatic carbocycles. The molecule has 7 heavy (non-hydrogen) atoms. The highest BCUT2D eigenvalue weighted by molar-refractivity contribution is 4.61. The van der Waals surface area contributed by atoms with Crippen molar-refractivity contribution in [3.8, 4) is 12.1 Å². The molecule has 0 heterocycles. The van der Waals surface area contributed by atoms with E-state index in [1.807, 2.05) is 13.0 Å². The normalized spacial score (nSPS) is 4.00. The molecule has 0 spiro atoms. The van der Waals surface area contributed by atoms with E-state index in [4.69, 9.17) is 10.5 Å². The van der Waals surface area contributed by atoms with E-state index >= 15 is 0 Å². The highest BCUT2D eigenvalue weighted by atomic mass is 14.2. The molecule has 0 bridgehead atoms. The van der Waals surface area contributed by atoms with Crippen molar-refractivity contribution in [1.29, 1.82) is 10.5 Å². The standard InChI is InChI=1S/C3H5N.C2H3N/c1-2-3-4;1-2-3/h2H2,1H3;1H3. The van der Waals surface area contributed by atoms with Crippen LogP contribution >= 0.6 is 0 Å². The fourth-order valence-corrected chi connectivity index (χ4v) is 0. The minimum absolute atomic E-state index is 0.625. The summed E-state index contributed by atoms with van der Waals surface area (Å²) < 4.78 is 0. The molecule has 0 aromatic heterocycles. The van der Waals surface area contributed by atoms with Crippen LogP contribution in [0.4, 0.5) is 0 Å². The van der Waals surface area contributed by atoms with Gasteiger partial charge < -0.3 is 0 Å². The molecule has 0 amide bonds. The maximum Gasteiger partial charge on any atom is 0.0618 e. The van der Waals surface area contributed by atoms with E-state index in [1.165, 1.54) is 6.92 Å². The Morgan fingerprint density at radius 1 is 1.43 bits per heavy atom. The summed E-state index contributed by atoms with van der Waals surface area (Å²) in [5.41, 5.74) is 0. The van der Waals surface area contributed by atoms with Crippen LogP contribution in [-0.4, -0.2) is 0 Å². The fourth-order valence-electron chi connectivity index (χ4n) is 0. The Balaban J connectivity index is 0. The van der Waals surface area contributed by atoms with Gasteiger partial charge in [0.1, 0.15) is 0 Å². The van der Waals surface area contributed by atoms with Gasteiger partial charge in [0, 0.05) is 13.3 Å². The van der Waals surface area contributed by atoms with E-state index in [1.54, 1.807) is 6.07 Å².